The van der Waals surface area contributed by atoms with E-state index >= 15 is 0 Å². The van der Waals surface area contributed by atoms with Gasteiger partial charge in [0, 0.05) is 20.6 Å². The maximum atomic E-state index is 12.2. The quantitative estimate of drug-likeness (QED) is 0.413. The van der Waals surface area contributed by atoms with Crippen molar-refractivity contribution in [3.8, 4) is 11.5 Å². The van der Waals surface area contributed by atoms with Crippen LogP contribution in [0.5, 0.6) is 11.5 Å². The lowest BCUT2D eigenvalue weighted by Crippen LogP contribution is -2.04. The first-order valence-corrected chi connectivity index (χ1v) is 11.8. The Kier molecular flexibility index (Phi) is 7.55. The Balaban J connectivity index is 1.78. The third-order valence-corrected chi connectivity index (χ3v) is 6.94. The first-order chi connectivity index (χ1) is 14.8. The first-order valence-electron chi connectivity index (χ1n) is 10.1. The zero-order valence-electron chi connectivity index (χ0n) is 18.4. The van der Waals surface area contributed by atoms with Crippen LogP contribution in [0.2, 0.25) is 0 Å². The first kappa shape index (κ1) is 23.1. The standard InChI is InChI=1S/C25H29O5P/c1-18-12-23(30-17-31(27,28-3)29-4)13-19(2)24(18)16-21-10-11-25(26)22(15-21)14-20-8-6-5-7-9-20/h5-13,15,26H,14,16-17H2,1-4H3. The molecule has 0 aromatic heterocycles. The highest BCUT2D eigenvalue weighted by Crippen LogP contribution is 2.46. The van der Waals surface area contributed by atoms with E-state index in [-0.39, 0.29) is 6.35 Å². The molecule has 0 unspecified atom stereocenters. The molecule has 0 radical (unpaired) electrons. The number of rotatable bonds is 9. The molecule has 0 bridgehead atoms. The molecule has 0 aliphatic heterocycles. The van der Waals surface area contributed by atoms with Gasteiger partial charge < -0.3 is 18.9 Å². The normalized spacial score (nSPS) is 11.5. The van der Waals surface area contributed by atoms with Crippen LogP contribution >= 0.6 is 7.60 Å². The van der Waals surface area contributed by atoms with Crippen molar-refractivity contribution in [3.05, 3.63) is 94.0 Å². The SMILES string of the molecule is COP(=O)(COc1cc(C)c(Cc2ccc(O)c(Cc3ccccc3)c2)c(C)c1)OC. The predicted octanol–water partition coefficient (Wildman–Crippen LogP) is 6.01. The van der Waals surface area contributed by atoms with E-state index in [1.807, 2.05) is 50.2 Å². The van der Waals surface area contributed by atoms with Gasteiger partial charge in [-0.25, -0.2) is 0 Å². The molecule has 1 N–H and O–H groups in total. The van der Waals surface area contributed by atoms with Gasteiger partial charge >= 0.3 is 7.60 Å². The molecule has 5 nitrogen and oxygen atoms in total. The largest absolute Gasteiger partial charge is 0.508 e. The van der Waals surface area contributed by atoms with Crippen molar-refractivity contribution >= 4 is 7.60 Å². The van der Waals surface area contributed by atoms with Gasteiger partial charge in [0.1, 0.15) is 11.5 Å². The van der Waals surface area contributed by atoms with Crippen molar-refractivity contribution in [3.63, 3.8) is 0 Å². The van der Waals surface area contributed by atoms with Gasteiger partial charge in [-0.3, -0.25) is 4.57 Å². The van der Waals surface area contributed by atoms with Crippen LogP contribution in [-0.4, -0.2) is 25.7 Å². The number of aromatic hydroxyl groups is 1. The average molecular weight is 440 g/mol. The average Bonchev–Trinajstić information content (AvgIpc) is 2.77. The third kappa shape index (κ3) is 5.98. The van der Waals surface area contributed by atoms with Crippen LogP contribution in [0.1, 0.15) is 33.4 Å². The monoisotopic (exact) mass is 440 g/mol. The van der Waals surface area contributed by atoms with Gasteiger partial charge in [0.25, 0.3) is 0 Å². The van der Waals surface area contributed by atoms with Gasteiger partial charge in [-0.05, 0) is 71.8 Å². The van der Waals surface area contributed by atoms with E-state index < -0.39 is 7.60 Å². The Bertz CT molecular complexity index is 1050. The number of aryl methyl sites for hydroxylation is 2. The minimum Gasteiger partial charge on any atom is -0.508 e. The summed E-state index contributed by atoms with van der Waals surface area (Å²) in [6.07, 6.45) is 1.29. The lowest BCUT2D eigenvalue weighted by atomic mass is 9.93. The highest BCUT2D eigenvalue weighted by atomic mass is 31.2. The third-order valence-electron chi connectivity index (χ3n) is 5.38. The Morgan fingerprint density at radius 3 is 2.10 bits per heavy atom. The molecule has 3 aromatic carbocycles. The zero-order valence-corrected chi connectivity index (χ0v) is 19.3. The second-order valence-electron chi connectivity index (χ2n) is 7.59. The maximum absolute atomic E-state index is 12.2. The van der Waals surface area contributed by atoms with Crippen LogP contribution in [0, 0.1) is 13.8 Å². The molecule has 164 valence electrons. The number of phenols is 1. The molecule has 3 aromatic rings. The highest BCUT2D eigenvalue weighted by molar-refractivity contribution is 7.53. The van der Waals surface area contributed by atoms with E-state index in [0.29, 0.717) is 17.9 Å². The summed E-state index contributed by atoms with van der Waals surface area (Å²) in [5, 5.41) is 10.3. The number of phenolic OH excluding ortho intramolecular Hbond substituents is 1. The summed E-state index contributed by atoms with van der Waals surface area (Å²) in [6.45, 7) is 4.07. The lowest BCUT2D eigenvalue weighted by Gasteiger charge is -2.17. The number of ether oxygens (including phenoxy) is 1. The van der Waals surface area contributed by atoms with Gasteiger partial charge in [-0.1, -0.05) is 42.5 Å². The van der Waals surface area contributed by atoms with Crippen LogP contribution in [0.4, 0.5) is 0 Å². The smallest absolute Gasteiger partial charge is 0.367 e. The fourth-order valence-corrected chi connectivity index (χ4v) is 4.23. The fraction of sp³-hybridized carbons (Fsp3) is 0.280. The summed E-state index contributed by atoms with van der Waals surface area (Å²) >= 11 is 0. The summed E-state index contributed by atoms with van der Waals surface area (Å²) in [6, 6.07) is 19.8. The van der Waals surface area contributed by atoms with E-state index in [2.05, 4.69) is 18.2 Å². The molecular formula is C25H29O5P. The summed E-state index contributed by atoms with van der Waals surface area (Å²) in [5.74, 6) is 0.939. The second-order valence-corrected chi connectivity index (χ2v) is 9.80. The molecule has 6 heteroatoms. The zero-order chi connectivity index (χ0) is 22.4. The number of hydrogen-bond donors (Lipinski definition) is 1. The molecule has 0 amide bonds. The number of benzene rings is 3. The molecule has 31 heavy (non-hydrogen) atoms. The maximum Gasteiger partial charge on any atom is 0.367 e. The Hall–Kier alpha value is -2.59. The van der Waals surface area contributed by atoms with Crippen LogP contribution < -0.4 is 4.74 Å². The molecule has 0 saturated carbocycles. The van der Waals surface area contributed by atoms with Crippen LogP contribution in [0.25, 0.3) is 0 Å². The van der Waals surface area contributed by atoms with Crippen molar-refractivity contribution in [2.45, 2.75) is 26.7 Å². The predicted molar refractivity (Wildman–Crippen MR) is 123 cm³/mol. The van der Waals surface area contributed by atoms with Crippen LogP contribution in [0.3, 0.4) is 0 Å². The van der Waals surface area contributed by atoms with E-state index in [9.17, 15) is 9.67 Å². The Morgan fingerprint density at radius 1 is 0.839 bits per heavy atom. The Morgan fingerprint density at radius 2 is 1.48 bits per heavy atom. The van der Waals surface area contributed by atoms with Crippen molar-refractivity contribution in [1.29, 1.82) is 0 Å². The summed E-state index contributed by atoms with van der Waals surface area (Å²) in [7, 11) is -0.540. The van der Waals surface area contributed by atoms with Crippen molar-refractivity contribution in [2.75, 3.05) is 20.6 Å². The van der Waals surface area contributed by atoms with Crippen LogP contribution in [0.15, 0.2) is 60.7 Å². The van der Waals surface area contributed by atoms with Gasteiger partial charge in [0.15, 0.2) is 6.35 Å². The molecule has 0 saturated heterocycles. The van der Waals surface area contributed by atoms with E-state index in [0.717, 1.165) is 34.2 Å². The number of hydrogen-bond acceptors (Lipinski definition) is 5. The van der Waals surface area contributed by atoms with E-state index in [1.54, 1.807) is 6.07 Å². The topological polar surface area (TPSA) is 65.0 Å². The second kappa shape index (κ2) is 10.1. The van der Waals surface area contributed by atoms with Gasteiger partial charge in [0.05, 0.1) is 0 Å². The molecule has 3 rings (SSSR count). The molecule has 0 spiro atoms. The van der Waals surface area contributed by atoms with Crippen molar-refractivity contribution < 1.29 is 23.5 Å². The molecule has 0 heterocycles. The Labute approximate surface area is 184 Å². The van der Waals surface area contributed by atoms with Crippen molar-refractivity contribution in [2.24, 2.45) is 0 Å². The van der Waals surface area contributed by atoms with Crippen LogP contribution in [-0.2, 0) is 26.5 Å². The molecular weight excluding hydrogens is 411 g/mol. The van der Waals surface area contributed by atoms with Gasteiger partial charge in [-0.2, -0.15) is 0 Å². The van der Waals surface area contributed by atoms with Gasteiger partial charge in [-0.15, -0.1) is 0 Å². The van der Waals surface area contributed by atoms with E-state index in [1.165, 1.54) is 19.8 Å². The summed E-state index contributed by atoms with van der Waals surface area (Å²) in [4.78, 5) is 0. The minimum absolute atomic E-state index is 0.140. The van der Waals surface area contributed by atoms with Gasteiger partial charge in [0.2, 0.25) is 0 Å². The van der Waals surface area contributed by atoms with Crippen molar-refractivity contribution in [1.82, 2.24) is 0 Å². The molecule has 0 fully saturated rings. The van der Waals surface area contributed by atoms with E-state index in [4.69, 9.17) is 13.8 Å². The molecule has 0 aliphatic carbocycles. The summed E-state index contributed by atoms with van der Waals surface area (Å²) < 4.78 is 27.7. The lowest BCUT2D eigenvalue weighted by molar-refractivity contribution is 0.240. The molecule has 0 aliphatic rings. The molecule has 0 atom stereocenters. The fourth-order valence-electron chi connectivity index (χ4n) is 3.56. The highest BCUT2D eigenvalue weighted by Gasteiger charge is 2.22. The summed E-state index contributed by atoms with van der Waals surface area (Å²) in [5.41, 5.74) is 6.56. The minimum atomic E-state index is -3.23.